The molecule has 14 nitrogen and oxygen atoms in total. The molecule has 0 bridgehead atoms. The second-order valence-corrected chi connectivity index (χ2v) is 7.60. The lowest BCUT2D eigenvalue weighted by Crippen LogP contribution is -2.38. The van der Waals surface area contributed by atoms with Crippen molar-refractivity contribution in [2.75, 3.05) is 12.3 Å². The Hall–Kier alpha value is -4.20. The first kappa shape index (κ1) is 22.0. The Morgan fingerprint density at radius 3 is 2.94 bits per heavy atom. The third kappa shape index (κ3) is 4.69. The molecule has 0 saturated carbocycles. The Balaban J connectivity index is 1.60. The van der Waals surface area contributed by atoms with Crippen LogP contribution in [0.1, 0.15) is 47.9 Å². The third-order valence-electron chi connectivity index (χ3n) is 5.47. The van der Waals surface area contributed by atoms with Gasteiger partial charge < -0.3 is 5.73 Å². The second-order valence-electron chi connectivity index (χ2n) is 7.60. The summed E-state index contributed by atoms with van der Waals surface area (Å²) in [5.41, 5.74) is 8.77. The number of carbonyl (C=O) groups excluding carboxylic acids is 1. The van der Waals surface area contributed by atoms with Crippen molar-refractivity contribution in [1.29, 1.82) is 0 Å². The summed E-state index contributed by atoms with van der Waals surface area (Å²) in [5, 5.41) is 30.4. The molecule has 0 radical (unpaired) electrons. The van der Waals surface area contributed by atoms with Crippen LogP contribution in [0.3, 0.4) is 0 Å². The Bertz CT molecular complexity index is 1190. The summed E-state index contributed by atoms with van der Waals surface area (Å²) >= 11 is 0. The molecule has 2 aromatic heterocycles. The largest absolute Gasteiger partial charge is 0.378 e. The van der Waals surface area contributed by atoms with Crippen LogP contribution in [0.2, 0.25) is 0 Å². The third-order valence-corrected chi connectivity index (χ3v) is 5.47. The van der Waals surface area contributed by atoms with Crippen molar-refractivity contribution in [3.8, 4) is 5.82 Å². The number of rotatable bonds is 7. The molecule has 172 valence electrons. The Labute approximate surface area is 187 Å². The smallest absolute Gasteiger partial charge is 0.293 e. The molecule has 4 rings (SSSR count). The van der Waals surface area contributed by atoms with E-state index in [-0.39, 0.29) is 28.6 Å². The number of piperidine rings is 1. The fourth-order valence-corrected chi connectivity index (χ4v) is 3.69. The van der Waals surface area contributed by atoms with E-state index >= 15 is 0 Å². The zero-order valence-corrected chi connectivity index (χ0v) is 17.8. The van der Waals surface area contributed by atoms with Gasteiger partial charge in [-0.2, -0.15) is 9.78 Å². The molecule has 14 heteroatoms. The maximum Gasteiger partial charge on any atom is 0.293 e. The van der Waals surface area contributed by atoms with Gasteiger partial charge in [0.25, 0.3) is 11.6 Å². The molecule has 3 N–H and O–H groups in total. The minimum absolute atomic E-state index is 0.00853. The predicted molar refractivity (Wildman–Crippen MR) is 116 cm³/mol. The highest BCUT2D eigenvalue weighted by atomic mass is 16.6. The maximum absolute atomic E-state index is 12.9. The molecular formula is C19H22N10O4. The first-order chi connectivity index (χ1) is 16.0. The Morgan fingerprint density at radius 2 is 2.21 bits per heavy atom. The number of para-hydroxylation sites is 1. The summed E-state index contributed by atoms with van der Waals surface area (Å²) in [6.45, 7) is 3.35. The quantitative estimate of drug-likeness (QED) is 0.299. The van der Waals surface area contributed by atoms with Gasteiger partial charge in [0.1, 0.15) is 0 Å². The van der Waals surface area contributed by atoms with Gasteiger partial charge in [-0.25, -0.2) is 10.1 Å². The normalized spacial score (nSPS) is 16.8. The molecule has 1 amide bonds. The monoisotopic (exact) mass is 454 g/mol. The van der Waals surface area contributed by atoms with E-state index in [2.05, 4.69) is 47.6 Å². The van der Waals surface area contributed by atoms with Crippen molar-refractivity contribution in [3.05, 3.63) is 51.3 Å². The van der Waals surface area contributed by atoms with Gasteiger partial charge in [0, 0.05) is 18.7 Å². The number of benzene rings is 1. The number of nitrogens with zero attached hydrogens (tertiary/aromatic N) is 8. The number of anilines is 1. The van der Waals surface area contributed by atoms with Gasteiger partial charge in [0.15, 0.2) is 5.69 Å². The van der Waals surface area contributed by atoms with Gasteiger partial charge >= 0.3 is 0 Å². The van der Waals surface area contributed by atoms with Crippen LogP contribution in [0.5, 0.6) is 0 Å². The van der Waals surface area contributed by atoms with E-state index in [0.717, 1.165) is 25.8 Å². The van der Waals surface area contributed by atoms with E-state index in [0.29, 0.717) is 18.3 Å². The summed E-state index contributed by atoms with van der Waals surface area (Å²) < 4.78 is 6.00. The van der Waals surface area contributed by atoms with Crippen LogP contribution in [-0.4, -0.2) is 59.8 Å². The van der Waals surface area contributed by atoms with Gasteiger partial charge in [-0.3, -0.25) is 19.8 Å². The second kappa shape index (κ2) is 9.52. The highest BCUT2D eigenvalue weighted by Crippen LogP contribution is 2.23. The van der Waals surface area contributed by atoms with Crippen molar-refractivity contribution in [1.82, 2.24) is 35.6 Å². The molecule has 1 aliphatic heterocycles. The van der Waals surface area contributed by atoms with Gasteiger partial charge in [-0.1, -0.05) is 23.8 Å². The fraction of sp³-hybridized carbons (Fsp3) is 0.368. The van der Waals surface area contributed by atoms with Crippen molar-refractivity contribution in [2.45, 2.75) is 38.8 Å². The van der Waals surface area contributed by atoms with Gasteiger partial charge in [0.2, 0.25) is 11.6 Å². The van der Waals surface area contributed by atoms with Gasteiger partial charge in [-0.05, 0) is 42.7 Å². The molecule has 1 aliphatic rings. The van der Waals surface area contributed by atoms with E-state index in [1.54, 1.807) is 12.1 Å². The van der Waals surface area contributed by atoms with Crippen molar-refractivity contribution in [3.63, 3.8) is 0 Å². The number of nitrogens with two attached hydrogens (primary N) is 1. The lowest BCUT2D eigenvalue weighted by molar-refractivity contribution is -0.385. The van der Waals surface area contributed by atoms with Crippen LogP contribution >= 0.6 is 0 Å². The molecule has 33 heavy (non-hydrogen) atoms. The number of likely N-dealkylation sites (tertiary alicyclic amines) is 1. The number of amides is 1. The lowest BCUT2D eigenvalue weighted by Gasteiger charge is -2.33. The number of nitrogen functional groups attached to an aromatic ring is 1. The average Bonchev–Trinajstić information content (AvgIpc) is 3.41. The lowest BCUT2D eigenvalue weighted by atomic mass is 10.0. The summed E-state index contributed by atoms with van der Waals surface area (Å²) in [4.78, 5) is 25.7. The molecule has 0 aliphatic carbocycles. The van der Waals surface area contributed by atoms with E-state index in [9.17, 15) is 14.9 Å². The van der Waals surface area contributed by atoms with Crippen LogP contribution in [-0.2, 0) is 6.54 Å². The molecule has 1 fully saturated rings. The number of nitrogens with one attached hydrogen (secondary N) is 1. The highest BCUT2D eigenvalue weighted by Gasteiger charge is 2.28. The predicted octanol–water partition coefficient (Wildman–Crippen LogP) is 1.28. The summed E-state index contributed by atoms with van der Waals surface area (Å²) in [6, 6.07) is 6.36. The number of carbonyl (C=O) groups is 1. The summed E-state index contributed by atoms with van der Waals surface area (Å²) in [6.07, 6.45) is 4.42. The van der Waals surface area contributed by atoms with Crippen molar-refractivity contribution < 1.29 is 14.3 Å². The topological polar surface area (TPSA) is 183 Å². The van der Waals surface area contributed by atoms with E-state index in [4.69, 9.17) is 5.73 Å². The number of nitro groups is 1. The zero-order valence-electron chi connectivity index (χ0n) is 17.8. The van der Waals surface area contributed by atoms with E-state index < -0.39 is 10.8 Å². The van der Waals surface area contributed by atoms with E-state index in [1.165, 1.54) is 23.0 Å². The number of hydrogen-bond acceptors (Lipinski definition) is 11. The first-order valence-electron chi connectivity index (χ1n) is 10.3. The fourth-order valence-electron chi connectivity index (χ4n) is 3.69. The average molecular weight is 454 g/mol. The number of hydrazone groups is 1. The molecule has 1 aromatic carbocycles. The van der Waals surface area contributed by atoms with Crippen LogP contribution < -0.4 is 11.2 Å². The highest BCUT2D eigenvalue weighted by molar-refractivity contribution is 5.94. The molecule has 1 saturated heterocycles. The van der Waals surface area contributed by atoms with E-state index in [1.807, 2.05) is 0 Å². The number of aromatic nitrogens is 5. The van der Waals surface area contributed by atoms with Crippen LogP contribution in [0.25, 0.3) is 5.82 Å². The Morgan fingerprint density at radius 1 is 1.39 bits per heavy atom. The summed E-state index contributed by atoms with van der Waals surface area (Å²) in [5.74, 6) is -0.496. The minimum Gasteiger partial charge on any atom is -0.378 e. The number of nitro benzene ring substituents is 1. The van der Waals surface area contributed by atoms with Gasteiger partial charge in [0.05, 0.1) is 22.4 Å². The molecular weight excluding hydrogens is 432 g/mol. The molecule has 3 heterocycles. The number of hydrogen-bond donors (Lipinski definition) is 2. The SMILES string of the molecule is C[C@H]1CCCCN1Cc1c(C(=O)N/N=C/c2ccccc2[N+](=O)[O-])nnn1-c1nonc1N. The molecule has 1 atom stereocenters. The minimum atomic E-state index is -0.634. The van der Waals surface area contributed by atoms with Crippen LogP contribution in [0.4, 0.5) is 11.5 Å². The first-order valence-corrected chi connectivity index (χ1v) is 10.3. The van der Waals surface area contributed by atoms with Crippen molar-refractivity contribution >= 4 is 23.6 Å². The van der Waals surface area contributed by atoms with Gasteiger partial charge in [-0.15, -0.1) is 5.10 Å². The standard InChI is InChI=1S/C19H22N10O4/c1-12-6-4-5-9-27(12)11-15-16(22-26-28(15)18-17(20)24-33-25-18)19(30)23-21-10-13-7-2-3-8-14(13)29(31)32/h2-3,7-8,10,12H,4-6,9,11H2,1H3,(H2,20,24)(H,23,30)/b21-10+/t12-/m0/s1. The van der Waals surface area contributed by atoms with Crippen LogP contribution in [0.15, 0.2) is 34.0 Å². The molecule has 3 aromatic rings. The molecule has 0 unspecified atom stereocenters. The van der Waals surface area contributed by atoms with Crippen LogP contribution in [0, 0.1) is 10.1 Å². The zero-order chi connectivity index (χ0) is 23.4. The Kier molecular flexibility index (Phi) is 6.35. The maximum atomic E-state index is 12.9. The van der Waals surface area contributed by atoms with Crippen molar-refractivity contribution in [2.24, 2.45) is 5.10 Å². The summed E-state index contributed by atoms with van der Waals surface area (Å²) in [7, 11) is 0. The molecule has 0 spiro atoms.